The van der Waals surface area contributed by atoms with Gasteiger partial charge in [-0.15, -0.1) is 0 Å². The summed E-state index contributed by atoms with van der Waals surface area (Å²) in [6.45, 7) is 1.65. The van der Waals surface area contributed by atoms with Gasteiger partial charge in [0.15, 0.2) is 0 Å². The van der Waals surface area contributed by atoms with Gasteiger partial charge in [0.05, 0.1) is 6.42 Å². The highest BCUT2D eigenvalue weighted by Crippen LogP contribution is 2.16. The highest BCUT2D eigenvalue weighted by Gasteiger charge is 2.22. The lowest BCUT2D eigenvalue weighted by Crippen LogP contribution is -2.29. The van der Waals surface area contributed by atoms with E-state index in [4.69, 9.17) is 0 Å². The van der Waals surface area contributed by atoms with Gasteiger partial charge in [-0.1, -0.05) is 0 Å². The largest absolute Gasteiger partial charge is 0.385 e. The number of carbonyl (C=O) groups excluding carboxylic acids is 1. The Labute approximate surface area is 88.1 Å². The van der Waals surface area contributed by atoms with E-state index in [0.29, 0.717) is 5.82 Å². The summed E-state index contributed by atoms with van der Waals surface area (Å²) in [6, 6.07) is 0. The van der Waals surface area contributed by atoms with E-state index in [2.05, 4.69) is 9.97 Å². The van der Waals surface area contributed by atoms with Crippen LogP contribution in [0.2, 0.25) is 0 Å². The molecule has 1 aliphatic rings. The van der Waals surface area contributed by atoms with E-state index < -0.39 is 6.10 Å². The monoisotopic (exact) mass is 209 g/mol. The highest BCUT2D eigenvalue weighted by atomic mass is 16.3. The predicted octanol–water partition coefficient (Wildman–Crippen LogP) is 0.456. The average Bonchev–Trinajstić information content (AvgIpc) is 2.91. The Bertz CT molecular complexity index is 317. The summed E-state index contributed by atoms with van der Waals surface area (Å²) in [5.41, 5.74) is 0. The molecule has 0 spiro atoms. The number of hydrogen-bond donors (Lipinski definition) is 2. The lowest BCUT2D eigenvalue weighted by molar-refractivity contribution is -0.132. The van der Waals surface area contributed by atoms with Crippen LogP contribution in [0.15, 0.2) is 12.4 Å². The number of H-pyrrole nitrogens is 1. The molecular weight excluding hydrogens is 194 g/mol. The van der Waals surface area contributed by atoms with Crippen LogP contribution in [0.1, 0.15) is 31.2 Å². The molecule has 2 N–H and O–H groups in total. The summed E-state index contributed by atoms with van der Waals surface area (Å²) in [7, 11) is 0. The molecule has 1 atom stereocenters. The number of hydrogen-bond acceptors (Lipinski definition) is 3. The van der Waals surface area contributed by atoms with E-state index in [0.717, 1.165) is 25.9 Å². The van der Waals surface area contributed by atoms with E-state index in [1.165, 1.54) is 0 Å². The molecule has 2 heterocycles. The SMILES string of the molecule is O=C(CC(O)c1ncc[nH]1)N1CCCC1. The molecule has 82 valence electrons. The van der Waals surface area contributed by atoms with E-state index in [9.17, 15) is 9.90 Å². The molecule has 0 aromatic carbocycles. The third kappa shape index (κ3) is 2.36. The number of aliphatic hydroxyl groups is 1. The van der Waals surface area contributed by atoms with Crippen LogP contribution >= 0.6 is 0 Å². The third-order valence-corrected chi connectivity index (χ3v) is 2.66. The molecule has 0 aliphatic carbocycles. The number of aromatic nitrogens is 2. The Balaban J connectivity index is 1.88. The summed E-state index contributed by atoms with van der Waals surface area (Å²) in [5, 5.41) is 9.70. The number of imidazole rings is 1. The van der Waals surface area contributed by atoms with Crippen molar-refractivity contribution in [3.05, 3.63) is 18.2 Å². The number of aliphatic hydroxyl groups excluding tert-OH is 1. The van der Waals surface area contributed by atoms with Crippen LogP contribution in [0, 0.1) is 0 Å². The number of likely N-dealkylation sites (tertiary alicyclic amines) is 1. The Morgan fingerprint density at radius 2 is 2.33 bits per heavy atom. The van der Waals surface area contributed by atoms with Crippen molar-refractivity contribution in [2.24, 2.45) is 0 Å². The van der Waals surface area contributed by atoms with Crippen molar-refractivity contribution >= 4 is 5.91 Å². The van der Waals surface area contributed by atoms with Crippen LogP contribution in [0.5, 0.6) is 0 Å². The number of nitrogens with one attached hydrogen (secondary N) is 1. The minimum Gasteiger partial charge on any atom is -0.385 e. The van der Waals surface area contributed by atoms with Crippen LogP contribution in [-0.2, 0) is 4.79 Å². The van der Waals surface area contributed by atoms with Gasteiger partial charge in [-0.3, -0.25) is 4.79 Å². The van der Waals surface area contributed by atoms with E-state index >= 15 is 0 Å². The van der Waals surface area contributed by atoms with E-state index in [-0.39, 0.29) is 12.3 Å². The normalized spacial score (nSPS) is 18.1. The van der Waals surface area contributed by atoms with Crippen molar-refractivity contribution in [3.8, 4) is 0 Å². The quantitative estimate of drug-likeness (QED) is 0.759. The molecule has 1 amide bonds. The fraction of sp³-hybridized carbons (Fsp3) is 0.600. The van der Waals surface area contributed by atoms with Gasteiger partial charge in [-0.25, -0.2) is 4.98 Å². The molecule has 0 radical (unpaired) electrons. The Hall–Kier alpha value is -1.36. The Kier molecular flexibility index (Phi) is 3.01. The Morgan fingerprint density at radius 1 is 1.60 bits per heavy atom. The van der Waals surface area contributed by atoms with E-state index in [1.54, 1.807) is 17.3 Å². The second-order valence-electron chi connectivity index (χ2n) is 3.78. The van der Waals surface area contributed by atoms with Crippen LogP contribution in [0.3, 0.4) is 0 Å². The van der Waals surface area contributed by atoms with Crippen molar-refractivity contribution in [1.29, 1.82) is 0 Å². The molecule has 1 aromatic heterocycles. The van der Waals surface area contributed by atoms with Crippen LogP contribution in [0.4, 0.5) is 0 Å². The van der Waals surface area contributed by atoms with Gasteiger partial charge in [0.2, 0.25) is 5.91 Å². The Morgan fingerprint density at radius 3 is 2.93 bits per heavy atom. The average molecular weight is 209 g/mol. The highest BCUT2D eigenvalue weighted by molar-refractivity contribution is 5.77. The minimum absolute atomic E-state index is 0.0106. The first-order chi connectivity index (χ1) is 7.27. The topological polar surface area (TPSA) is 69.2 Å². The lowest BCUT2D eigenvalue weighted by atomic mass is 10.2. The molecule has 2 rings (SSSR count). The summed E-state index contributed by atoms with van der Waals surface area (Å²) in [4.78, 5) is 20.2. The van der Waals surface area contributed by atoms with Crippen molar-refractivity contribution in [1.82, 2.24) is 14.9 Å². The van der Waals surface area contributed by atoms with Crippen molar-refractivity contribution < 1.29 is 9.90 Å². The zero-order chi connectivity index (χ0) is 10.7. The van der Waals surface area contributed by atoms with Crippen LogP contribution in [0.25, 0.3) is 0 Å². The number of amides is 1. The van der Waals surface area contributed by atoms with Gasteiger partial charge in [0, 0.05) is 25.5 Å². The third-order valence-electron chi connectivity index (χ3n) is 2.66. The molecular formula is C10H15N3O2. The smallest absolute Gasteiger partial charge is 0.225 e. The molecule has 0 bridgehead atoms. The van der Waals surface area contributed by atoms with Gasteiger partial charge >= 0.3 is 0 Å². The molecule has 1 aromatic rings. The number of rotatable bonds is 3. The number of carbonyl (C=O) groups is 1. The first kappa shape index (κ1) is 10.2. The van der Waals surface area contributed by atoms with Gasteiger partial charge in [0.1, 0.15) is 11.9 Å². The molecule has 0 saturated carbocycles. The van der Waals surface area contributed by atoms with Crippen LogP contribution in [-0.4, -0.2) is 39.0 Å². The molecule has 1 unspecified atom stereocenters. The standard InChI is InChI=1S/C10H15N3O2/c14-8(10-11-3-4-12-10)7-9(15)13-5-1-2-6-13/h3-4,8,14H,1-2,5-7H2,(H,11,12). The first-order valence-electron chi connectivity index (χ1n) is 5.22. The maximum absolute atomic E-state index is 11.7. The number of aromatic amines is 1. The second kappa shape index (κ2) is 4.44. The van der Waals surface area contributed by atoms with Gasteiger partial charge in [0.25, 0.3) is 0 Å². The molecule has 1 fully saturated rings. The molecule has 15 heavy (non-hydrogen) atoms. The van der Waals surface area contributed by atoms with Gasteiger partial charge in [-0.2, -0.15) is 0 Å². The predicted molar refractivity (Wildman–Crippen MR) is 54.0 cm³/mol. The lowest BCUT2D eigenvalue weighted by Gasteiger charge is -2.16. The molecule has 5 heteroatoms. The maximum Gasteiger partial charge on any atom is 0.225 e. The zero-order valence-electron chi connectivity index (χ0n) is 8.52. The second-order valence-corrected chi connectivity index (χ2v) is 3.78. The minimum atomic E-state index is -0.812. The van der Waals surface area contributed by atoms with E-state index in [1.807, 2.05) is 0 Å². The summed E-state index contributed by atoms with van der Waals surface area (Å²) in [6.07, 6.45) is 4.66. The summed E-state index contributed by atoms with van der Waals surface area (Å²) in [5.74, 6) is 0.471. The van der Waals surface area contributed by atoms with Crippen molar-refractivity contribution in [2.75, 3.05) is 13.1 Å². The van der Waals surface area contributed by atoms with Gasteiger partial charge in [-0.05, 0) is 12.8 Å². The zero-order valence-corrected chi connectivity index (χ0v) is 8.52. The van der Waals surface area contributed by atoms with Crippen molar-refractivity contribution in [2.45, 2.75) is 25.4 Å². The molecule has 1 aliphatic heterocycles. The van der Waals surface area contributed by atoms with Crippen molar-refractivity contribution in [3.63, 3.8) is 0 Å². The molecule has 1 saturated heterocycles. The first-order valence-corrected chi connectivity index (χ1v) is 5.22. The number of nitrogens with zero attached hydrogens (tertiary/aromatic N) is 2. The fourth-order valence-electron chi connectivity index (χ4n) is 1.82. The summed E-state index contributed by atoms with van der Waals surface area (Å²) >= 11 is 0. The summed E-state index contributed by atoms with van der Waals surface area (Å²) < 4.78 is 0. The van der Waals surface area contributed by atoms with Gasteiger partial charge < -0.3 is 15.0 Å². The van der Waals surface area contributed by atoms with Crippen LogP contribution < -0.4 is 0 Å². The maximum atomic E-state index is 11.7. The fourth-order valence-corrected chi connectivity index (χ4v) is 1.82. The molecule has 5 nitrogen and oxygen atoms in total.